The molecule has 114 valence electrons. The largest absolute Gasteiger partial charge is 0.462 e. The summed E-state index contributed by atoms with van der Waals surface area (Å²) in [6.07, 6.45) is 2.46. The molecular weight excluding hydrogens is 296 g/mol. The van der Waals surface area contributed by atoms with Gasteiger partial charge in [-0.25, -0.2) is 9.18 Å². The van der Waals surface area contributed by atoms with Crippen molar-refractivity contribution in [2.24, 2.45) is 0 Å². The highest BCUT2D eigenvalue weighted by atomic mass is 19.2. The van der Waals surface area contributed by atoms with Gasteiger partial charge in [0.15, 0.2) is 11.6 Å². The fraction of sp³-hybridized carbons (Fsp3) is 0.200. The molecule has 0 atom stereocenters. The molecular formula is C15H11F2NO4. The number of allylic oxidation sites excluding steroid dienone is 1. The summed E-state index contributed by atoms with van der Waals surface area (Å²) >= 11 is 0. The van der Waals surface area contributed by atoms with E-state index in [0.29, 0.717) is 5.70 Å². The lowest BCUT2D eigenvalue weighted by Gasteiger charge is -2.20. The Morgan fingerprint density at radius 1 is 1.41 bits per heavy atom. The number of esters is 1. The van der Waals surface area contributed by atoms with Crippen molar-refractivity contribution < 1.29 is 23.0 Å². The minimum atomic E-state index is -1.22. The lowest BCUT2D eigenvalue weighted by atomic mass is 10.1. The quantitative estimate of drug-likeness (QED) is 0.800. The van der Waals surface area contributed by atoms with Crippen molar-refractivity contribution in [2.75, 3.05) is 6.61 Å². The van der Waals surface area contributed by atoms with Gasteiger partial charge in [-0.15, -0.1) is 0 Å². The van der Waals surface area contributed by atoms with E-state index >= 15 is 0 Å². The SMILES string of the molecule is CCOC(=O)c1cn2c3c(c(F)c(F)cc3c1=O)OC=C2C. The van der Waals surface area contributed by atoms with Gasteiger partial charge in [0.25, 0.3) is 0 Å². The highest BCUT2D eigenvalue weighted by Gasteiger charge is 2.26. The standard InChI is InChI=1S/C15H11F2NO4/c1-3-21-15(20)9-5-18-7(2)6-22-14-11(17)10(16)4-8(12(14)18)13(9)19/h4-6H,3H2,1-2H3. The number of carbonyl (C=O) groups excluding carboxylic acids is 1. The Morgan fingerprint density at radius 2 is 2.14 bits per heavy atom. The summed E-state index contributed by atoms with van der Waals surface area (Å²) < 4.78 is 38.8. The van der Waals surface area contributed by atoms with Crippen LogP contribution in [0.3, 0.4) is 0 Å². The molecule has 0 amide bonds. The molecule has 0 N–H and O–H groups in total. The topological polar surface area (TPSA) is 57.5 Å². The average Bonchev–Trinajstić information content (AvgIpc) is 2.48. The summed E-state index contributed by atoms with van der Waals surface area (Å²) in [5.41, 5.74) is -0.393. The Balaban J connectivity index is 2.45. The van der Waals surface area contributed by atoms with Gasteiger partial charge in [-0.05, 0) is 19.9 Å². The fourth-order valence-electron chi connectivity index (χ4n) is 2.34. The smallest absolute Gasteiger partial charge is 0.343 e. The van der Waals surface area contributed by atoms with Gasteiger partial charge in [0.1, 0.15) is 17.3 Å². The van der Waals surface area contributed by atoms with Crippen LogP contribution in [0.5, 0.6) is 5.75 Å². The molecule has 1 aromatic heterocycles. The van der Waals surface area contributed by atoms with Crippen LogP contribution in [0.25, 0.3) is 16.6 Å². The molecule has 0 bridgehead atoms. The highest BCUT2D eigenvalue weighted by Crippen LogP contribution is 2.34. The number of ether oxygens (including phenoxy) is 2. The normalized spacial score (nSPS) is 12.8. The highest BCUT2D eigenvalue weighted by molar-refractivity contribution is 5.97. The van der Waals surface area contributed by atoms with Gasteiger partial charge in [0.2, 0.25) is 11.2 Å². The van der Waals surface area contributed by atoms with Crippen LogP contribution in [0.2, 0.25) is 0 Å². The molecule has 2 aromatic rings. The third-order valence-electron chi connectivity index (χ3n) is 3.36. The number of nitrogens with zero attached hydrogens (tertiary/aromatic N) is 1. The van der Waals surface area contributed by atoms with Crippen LogP contribution in [-0.2, 0) is 4.74 Å². The van der Waals surface area contributed by atoms with E-state index < -0.39 is 23.0 Å². The molecule has 1 aliphatic heterocycles. The fourth-order valence-corrected chi connectivity index (χ4v) is 2.34. The van der Waals surface area contributed by atoms with E-state index in [-0.39, 0.29) is 28.8 Å². The van der Waals surface area contributed by atoms with Gasteiger partial charge in [-0.3, -0.25) is 4.79 Å². The third kappa shape index (κ3) is 1.89. The Kier molecular flexibility index (Phi) is 3.20. The van der Waals surface area contributed by atoms with Crippen molar-refractivity contribution in [2.45, 2.75) is 13.8 Å². The van der Waals surface area contributed by atoms with Crippen LogP contribution in [0.4, 0.5) is 8.78 Å². The van der Waals surface area contributed by atoms with Gasteiger partial charge < -0.3 is 14.0 Å². The lowest BCUT2D eigenvalue weighted by molar-refractivity contribution is 0.0524. The van der Waals surface area contributed by atoms with Crippen LogP contribution in [0.15, 0.2) is 23.3 Å². The molecule has 1 aromatic carbocycles. The number of carbonyl (C=O) groups is 1. The lowest BCUT2D eigenvalue weighted by Crippen LogP contribution is -2.22. The molecule has 5 nitrogen and oxygen atoms in total. The number of benzene rings is 1. The summed E-state index contributed by atoms with van der Waals surface area (Å²) in [5, 5.41) is -0.146. The van der Waals surface area contributed by atoms with Crippen molar-refractivity contribution in [3.8, 4) is 5.75 Å². The Morgan fingerprint density at radius 3 is 2.82 bits per heavy atom. The number of pyridine rings is 1. The zero-order valence-corrected chi connectivity index (χ0v) is 11.8. The maximum atomic E-state index is 13.8. The second-order valence-electron chi connectivity index (χ2n) is 4.74. The van der Waals surface area contributed by atoms with E-state index in [1.165, 1.54) is 17.0 Å². The minimum Gasteiger partial charge on any atom is -0.462 e. The first-order valence-corrected chi connectivity index (χ1v) is 6.54. The van der Waals surface area contributed by atoms with Crippen LogP contribution in [-0.4, -0.2) is 17.1 Å². The van der Waals surface area contributed by atoms with E-state index in [0.717, 1.165) is 6.07 Å². The zero-order chi connectivity index (χ0) is 16.0. The van der Waals surface area contributed by atoms with Crippen molar-refractivity contribution >= 4 is 22.6 Å². The van der Waals surface area contributed by atoms with E-state index in [9.17, 15) is 18.4 Å². The summed E-state index contributed by atoms with van der Waals surface area (Å²) in [6, 6.07) is 0.762. The van der Waals surface area contributed by atoms with Gasteiger partial charge in [-0.2, -0.15) is 4.39 Å². The first-order chi connectivity index (χ1) is 10.5. The maximum absolute atomic E-state index is 13.8. The summed E-state index contributed by atoms with van der Waals surface area (Å²) in [7, 11) is 0. The molecule has 0 radical (unpaired) electrons. The number of halogens is 2. The second-order valence-corrected chi connectivity index (χ2v) is 4.74. The van der Waals surface area contributed by atoms with Crippen molar-refractivity contribution in [1.29, 1.82) is 0 Å². The Hall–Kier alpha value is -2.70. The van der Waals surface area contributed by atoms with E-state index in [4.69, 9.17) is 9.47 Å². The van der Waals surface area contributed by atoms with Crippen molar-refractivity contribution in [3.05, 3.63) is 45.9 Å². The second kappa shape index (κ2) is 4.94. The molecule has 2 heterocycles. The van der Waals surface area contributed by atoms with Gasteiger partial charge in [0, 0.05) is 6.20 Å². The molecule has 3 rings (SSSR count). The minimum absolute atomic E-state index is 0.0805. The predicted octanol–water partition coefficient (Wildman–Crippen LogP) is 2.67. The van der Waals surface area contributed by atoms with Crippen LogP contribution in [0.1, 0.15) is 24.2 Å². The number of hydrogen-bond acceptors (Lipinski definition) is 4. The molecule has 7 heteroatoms. The number of rotatable bonds is 2. The first kappa shape index (κ1) is 14.2. The molecule has 0 fully saturated rings. The molecule has 0 saturated heterocycles. The summed E-state index contributed by atoms with van der Waals surface area (Å²) in [4.78, 5) is 24.3. The van der Waals surface area contributed by atoms with Gasteiger partial charge in [-0.1, -0.05) is 0 Å². The van der Waals surface area contributed by atoms with Crippen LogP contribution in [0, 0.1) is 11.6 Å². The molecule has 22 heavy (non-hydrogen) atoms. The number of aromatic nitrogens is 1. The third-order valence-corrected chi connectivity index (χ3v) is 3.36. The summed E-state index contributed by atoms with van der Waals surface area (Å²) in [6.45, 7) is 3.34. The van der Waals surface area contributed by atoms with E-state index in [1.54, 1.807) is 13.8 Å². The molecule has 0 unspecified atom stereocenters. The van der Waals surface area contributed by atoms with Crippen molar-refractivity contribution in [3.63, 3.8) is 0 Å². The predicted molar refractivity (Wildman–Crippen MR) is 74.7 cm³/mol. The molecule has 0 aliphatic carbocycles. The molecule has 0 spiro atoms. The van der Waals surface area contributed by atoms with E-state index in [2.05, 4.69) is 0 Å². The van der Waals surface area contributed by atoms with E-state index in [1.807, 2.05) is 0 Å². The molecule has 0 saturated carbocycles. The zero-order valence-electron chi connectivity index (χ0n) is 11.8. The maximum Gasteiger partial charge on any atom is 0.343 e. The summed E-state index contributed by atoms with van der Waals surface area (Å²) in [5.74, 6) is -3.61. The van der Waals surface area contributed by atoms with Crippen molar-refractivity contribution in [1.82, 2.24) is 4.57 Å². The average molecular weight is 307 g/mol. The van der Waals surface area contributed by atoms with Crippen LogP contribution >= 0.6 is 0 Å². The van der Waals surface area contributed by atoms with Gasteiger partial charge in [0.05, 0.1) is 17.7 Å². The number of hydrogen-bond donors (Lipinski definition) is 0. The monoisotopic (exact) mass is 307 g/mol. The van der Waals surface area contributed by atoms with Crippen LogP contribution < -0.4 is 10.2 Å². The van der Waals surface area contributed by atoms with Gasteiger partial charge >= 0.3 is 5.97 Å². The Labute approximate surface area is 123 Å². The first-order valence-electron chi connectivity index (χ1n) is 6.54. The Bertz CT molecular complexity index is 899. The molecule has 1 aliphatic rings.